The van der Waals surface area contributed by atoms with Gasteiger partial charge >= 0.3 is 0 Å². The average molecular weight is 424 g/mol. The third-order valence-electron chi connectivity index (χ3n) is 4.32. The maximum atomic E-state index is 12.7. The lowest BCUT2D eigenvalue weighted by atomic mass is 10.1. The number of aryl methyl sites for hydroxylation is 1. The molecule has 8 heteroatoms. The van der Waals surface area contributed by atoms with Crippen LogP contribution in [0.25, 0.3) is 0 Å². The molecule has 6 nitrogen and oxygen atoms in total. The Morgan fingerprint density at radius 2 is 1.96 bits per heavy atom. The first-order valence-electron chi connectivity index (χ1n) is 7.95. The molecule has 1 aliphatic rings. The fourth-order valence-corrected chi connectivity index (χ4v) is 4.54. The minimum atomic E-state index is -0.465. The molecule has 1 aromatic heterocycles. The molecule has 2 heterocycles. The molecular formula is C17H18BrN3O3S. The molecule has 0 saturated carbocycles. The fourth-order valence-electron chi connectivity index (χ4n) is 3.01. The Labute approximate surface area is 158 Å². The van der Waals surface area contributed by atoms with E-state index in [1.54, 1.807) is 41.4 Å². The van der Waals surface area contributed by atoms with Crippen molar-refractivity contribution in [3.63, 3.8) is 0 Å². The second kappa shape index (κ2) is 7.63. The average Bonchev–Trinajstić information content (AvgIpc) is 2.99. The molecule has 0 N–H and O–H groups in total. The number of carbonyl (C=O) groups is 1. The van der Waals surface area contributed by atoms with Crippen LogP contribution in [-0.4, -0.2) is 46.8 Å². The van der Waals surface area contributed by atoms with E-state index in [0.29, 0.717) is 18.7 Å². The number of halogens is 1. The number of hydrogen-bond acceptors (Lipinski definition) is 5. The summed E-state index contributed by atoms with van der Waals surface area (Å²) in [7, 11) is 0. The Morgan fingerprint density at radius 3 is 2.56 bits per heavy atom. The minimum Gasteiger partial charge on any atom is -0.336 e. The summed E-state index contributed by atoms with van der Waals surface area (Å²) < 4.78 is 1.11. The quantitative estimate of drug-likeness (QED) is 0.555. The molecule has 0 unspecified atom stereocenters. The van der Waals surface area contributed by atoms with E-state index in [0.717, 1.165) is 23.4 Å². The predicted octanol–water partition coefficient (Wildman–Crippen LogP) is 3.69. The SMILES string of the molecule is Cc1cccc(C(=O)N2CCN(Cc3ccc(Br)s3)CC2)c1[N+](=O)[O-]. The first-order valence-corrected chi connectivity index (χ1v) is 9.56. The van der Waals surface area contributed by atoms with E-state index in [4.69, 9.17) is 0 Å². The van der Waals surface area contributed by atoms with Crippen LogP contribution < -0.4 is 0 Å². The van der Waals surface area contributed by atoms with Crippen molar-refractivity contribution in [3.05, 3.63) is 60.2 Å². The zero-order valence-corrected chi connectivity index (χ0v) is 16.2. The Balaban J connectivity index is 1.66. The van der Waals surface area contributed by atoms with Gasteiger partial charge in [0.2, 0.25) is 0 Å². The zero-order valence-electron chi connectivity index (χ0n) is 13.8. The number of nitro benzene ring substituents is 1. The van der Waals surface area contributed by atoms with Gasteiger partial charge < -0.3 is 4.90 Å². The number of thiophene rings is 1. The molecule has 0 bridgehead atoms. The number of rotatable bonds is 4. The molecule has 1 aliphatic heterocycles. The highest BCUT2D eigenvalue weighted by molar-refractivity contribution is 9.11. The van der Waals surface area contributed by atoms with Crippen LogP contribution in [0.3, 0.4) is 0 Å². The molecule has 0 spiro atoms. The lowest BCUT2D eigenvalue weighted by molar-refractivity contribution is -0.385. The van der Waals surface area contributed by atoms with Crippen LogP contribution in [0.5, 0.6) is 0 Å². The van der Waals surface area contributed by atoms with Crippen molar-refractivity contribution in [2.24, 2.45) is 0 Å². The number of nitrogens with zero attached hydrogens (tertiary/aromatic N) is 3. The van der Waals surface area contributed by atoms with Gasteiger partial charge in [0.1, 0.15) is 5.56 Å². The molecule has 132 valence electrons. The van der Waals surface area contributed by atoms with Gasteiger partial charge in [-0.2, -0.15) is 0 Å². The van der Waals surface area contributed by atoms with Crippen molar-refractivity contribution in [2.75, 3.05) is 26.2 Å². The molecule has 2 aromatic rings. The highest BCUT2D eigenvalue weighted by atomic mass is 79.9. The lowest BCUT2D eigenvalue weighted by Crippen LogP contribution is -2.48. The first-order chi connectivity index (χ1) is 12.0. The van der Waals surface area contributed by atoms with Gasteiger partial charge in [-0.05, 0) is 41.1 Å². The molecule has 1 saturated heterocycles. The van der Waals surface area contributed by atoms with Crippen LogP contribution >= 0.6 is 27.3 Å². The van der Waals surface area contributed by atoms with Crippen LogP contribution in [0.4, 0.5) is 5.69 Å². The van der Waals surface area contributed by atoms with Gasteiger partial charge in [0.25, 0.3) is 11.6 Å². The van der Waals surface area contributed by atoms with Gasteiger partial charge in [0.15, 0.2) is 0 Å². The Bertz CT molecular complexity index is 800. The molecular weight excluding hydrogens is 406 g/mol. The van der Waals surface area contributed by atoms with E-state index < -0.39 is 4.92 Å². The molecule has 1 amide bonds. The van der Waals surface area contributed by atoms with Crippen LogP contribution in [0.1, 0.15) is 20.8 Å². The van der Waals surface area contributed by atoms with E-state index in [1.807, 2.05) is 6.07 Å². The van der Waals surface area contributed by atoms with Crippen molar-refractivity contribution in [3.8, 4) is 0 Å². The number of piperazine rings is 1. The van der Waals surface area contributed by atoms with Crippen molar-refractivity contribution < 1.29 is 9.72 Å². The van der Waals surface area contributed by atoms with Crippen LogP contribution in [0.15, 0.2) is 34.1 Å². The first kappa shape index (κ1) is 18.0. The summed E-state index contributed by atoms with van der Waals surface area (Å²) in [6.45, 7) is 5.21. The molecule has 25 heavy (non-hydrogen) atoms. The second-order valence-corrected chi connectivity index (χ2v) is 8.55. The third-order valence-corrected chi connectivity index (χ3v) is 5.93. The number of nitro groups is 1. The molecule has 0 atom stereocenters. The third kappa shape index (κ3) is 4.08. The zero-order chi connectivity index (χ0) is 18.0. The van der Waals surface area contributed by atoms with Gasteiger partial charge in [-0.1, -0.05) is 12.1 Å². The summed E-state index contributed by atoms with van der Waals surface area (Å²) in [4.78, 5) is 28.9. The van der Waals surface area contributed by atoms with E-state index in [2.05, 4.69) is 26.9 Å². The summed E-state index contributed by atoms with van der Waals surface area (Å²) in [6.07, 6.45) is 0. The largest absolute Gasteiger partial charge is 0.336 e. The lowest BCUT2D eigenvalue weighted by Gasteiger charge is -2.34. The standard InChI is InChI=1S/C17H18BrN3O3S/c1-12-3-2-4-14(16(12)21(23)24)17(22)20-9-7-19(8-10-20)11-13-5-6-15(18)25-13/h2-6H,7-11H2,1H3. The Morgan fingerprint density at radius 1 is 1.24 bits per heavy atom. The highest BCUT2D eigenvalue weighted by Crippen LogP contribution is 2.26. The number of carbonyl (C=O) groups excluding carboxylic acids is 1. The Kier molecular flexibility index (Phi) is 5.51. The fraction of sp³-hybridized carbons (Fsp3) is 0.353. The monoisotopic (exact) mass is 423 g/mol. The molecule has 1 fully saturated rings. The Hall–Kier alpha value is -1.77. The minimum absolute atomic E-state index is 0.0848. The number of amides is 1. The number of hydrogen-bond donors (Lipinski definition) is 0. The smallest absolute Gasteiger partial charge is 0.285 e. The van der Waals surface area contributed by atoms with E-state index in [-0.39, 0.29) is 17.2 Å². The van der Waals surface area contributed by atoms with Gasteiger partial charge in [-0.3, -0.25) is 19.8 Å². The van der Waals surface area contributed by atoms with E-state index in [1.165, 1.54) is 4.88 Å². The summed E-state index contributed by atoms with van der Waals surface area (Å²) in [5, 5.41) is 11.3. The normalized spacial score (nSPS) is 15.4. The topological polar surface area (TPSA) is 66.7 Å². The van der Waals surface area contributed by atoms with Crippen molar-refractivity contribution in [1.29, 1.82) is 0 Å². The van der Waals surface area contributed by atoms with Gasteiger partial charge in [-0.15, -0.1) is 11.3 Å². The highest BCUT2D eigenvalue weighted by Gasteiger charge is 2.28. The summed E-state index contributed by atoms with van der Waals surface area (Å²) in [5.74, 6) is -0.256. The van der Waals surface area contributed by atoms with E-state index >= 15 is 0 Å². The molecule has 1 aromatic carbocycles. The maximum Gasteiger partial charge on any atom is 0.285 e. The van der Waals surface area contributed by atoms with E-state index in [9.17, 15) is 14.9 Å². The van der Waals surface area contributed by atoms with Gasteiger partial charge in [0.05, 0.1) is 8.71 Å². The van der Waals surface area contributed by atoms with Gasteiger partial charge in [0, 0.05) is 43.2 Å². The maximum absolute atomic E-state index is 12.7. The summed E-state index contributed by atoms with van der Waals surface area (Å²) >= 11 is 5.18. The van der Waals surface area contributed by atoms with Gasteiger partial charge in [-0.25, -0.2) is 0 Å². The number of para-hydroxylation sites is 1. The van der Waals surface area contributed by atoms with Crippen molar-refractivity contribution in [1.82, 2.24) is 9.80 Å². The molecule has 3 rings (SSSR count). The second-order valence-electron chi connectivity index (χ2n) is 6.00. The van der Waals surface area contributed by atoms with Crippen LogP contribution in [0.2, 0.25) is 0 Å². The summed E-state index contributed by atoms with van der Waals surface area (Å²) in [6, 6.07) is 9.04. The van der Waals surface area contributed by atoms with Crippen LogP contribution in [0, 0.1) is 17.0 Å². The summed E-state index contributed by atoms with van der Waals surface area (Å²) in [5.41, 5.74) is 0.608. The molecule has 0 radical (unpaired) electrons. The van der Waals surface area contributed by atoms with Crippen molar-refractivity contribution in [2.45, 2.75) is 13.5 Å². The van der Waals surface area contributed by atoms with Crippen LogP contribution in [-0.2, 0) is 6.54 Å². The predicted molar refractivity (Wildman–Crippen MR) is 101 cm³/mol. The van der Waals surface area contributed by atoms with Crippen molar-refractivity contribution >= 4 is 38.9 Å². The number of benzene rings is 1. The molecule has 0 aliphatic carbocycles.